The Morgan fingerprint density at radius 1 is 1.04 bits per heavy atom. The van der Waals surface area contributed by atoms with Gasteiger partial charge in [-0.05, 0) is 29.8 Å². The first kappa shape index (κ1) is 16.9. The zero-order valence-electron chi connectivity index (χ0n) is 13.4. The molecule has 0 aliphatic heterocycles. The Hall–Kier alpha value is -2.97. The summed E-state index contributed by atoms with van der Waals surface area (Å²) in [5.41, 5.74) is 3.92. The number of aromatic amines is 1. The number of rotatable bonds is 4. The second kappa shape index (κ2) is 6.50. The number of primary sulfonamides is 1. The molecule has 1 aromatic heterocycles. The number of hydrogen-bond donors (Lipinski definition) is 3. The molecule has 0 aliphatic rings. The van der Waals surface area contributed by atoms with Gasteiger partial charge in [0.05, 0.1) is 10.6 Å². The molecule has 2 aromatic carbocycles. The predicted octanol–water partition coefficient (Wildman–Crippen LogP) is 2.35. The van der Waals surface area contributed by atoms with Crippen molar-refractivity contribution >= 4 is 21.6 Å². The molecule has 128 valence electrons. The Labute approximate surface area is 144 Å². The lowest BCUT2D eigenvalue weighted by Crippen LogP contribution is -2.11. The number of hydrogen-bond acceptors (Lipinski definition) is 4. The summed E-state index contributed by atoms with van der Waals surface area (Å²) in [5.74, 6) is -0.133. The van der Waals surface area contributed by atoms with Gasteiger partial charge in [-0.25, -0.2) is 13.6 Å². The van der Waals surface area contributed by atoms with Crippen molar-refractivity contribution in [3.8, 4) is 22.4 Å². The van der Waals surface area contributed by atoms with Crippen molar-refractivity contribution in [2.75, 3.05) is 5.32 Å². The van der Waals surface area contributed by atoms with E-state index >= 15 is 0 Å². The molecule has 3 aromatic rings. The van der Waals surface area contributed by atoms with Crippen LogP contribution in [0.3, 0.4) is 0 Å². The third-order valence-corrected chi connectivity index (χ3v) is 4.54. The van der Waals surface area contributed by atoms with Crippen LogP contribution in [0.2, 0.25) is 0 Å². The van der Waals surface area contributed by atoms with Gasteiger partial charge >= 0.3 is 0 Å². The van der Waals surface area contributed by atoms with E-state index in [9.17, 15) is 13.2 Å². The highest BCUT2D eigenvalue weighted by molar-refractivity contribution is 7.89. The third kappa shape index (κ3) is 3.76. The Balaban J connectivity index is 1.94. The summed E-state index contributed by atoms with van der Waals surface area (Å²) < 4.78 is 22.7. The van der Waals surface area contributed by atoms with Crippen LogP contribution < -0.4 is 10.5 Å². The van der Waals surface area contributed by atoms with Gasteiger partial charge in [0.1, 0.15) is 0 Å². The summed E-state index contributed by atoms with van der Waals surface area (Å²) in [5, 5.41) is 14.9. The lowest BCUT2D eigenvalue weighted by molar-refractivity contribution is -0.114. The van der Waals surface area contributed by atoms with E-state index in [2.05, 4.69) is 15.5 Å². The van der Waals surface area contributed by atoms with Crippen molar-refractivity contribution in [3.63, 3.8) is 0 Å². The van der Waals surface area contributed by atoms with Crippen LogP contribution in [-0.2, 0) is 14.8 Å². The van der Waals surface area contributed by atoms with Crippen LogP contribution >= 0.6 is 0 Å². The molecule has 0 radical (unpaired) electrons. The second-order valence-electron chi connectivity index (χ2n) is 5.48. The molecule has 3 rings (SSSR count). The number of amides is 1. The number of anilines is 1. The fourth-order valence-electron chi connectivity index (χ4n) is 2.47. The van der Waals surface area contributed by atoms with E-state index in [-0.39, 0.29) is 10.8 Å². The van der Waals surface area contributed by atoms with Crippen LogP contribution in [0.5, 0.6) is 0 Å². The van der Waals surface area contributed by atoms with Crippen LogP contribution in [0.4, 0.5) is 5.69 Å². The molecule has 0 atom stereocenters. The van der Waals surface area contributed by atoms with E-state index in [1.54, 1.807) is 30.5 Å². The van der Waals surface area contributed by atoms with Gasteiger partial charge in [-0.3, -0.25) is 9.89 Å². The summed E-state index contributed by atoms with van der Waals surface area (Å²) in [6.07, 6.45) is 1.76. The van der Waals surface area contributed by atoms with Gasteiger partial charge in [-0.15, -0.1) is 0 Å². The van der Waals surface area contributed by atoms with Crippen LogP contribution in [-0.4, -0.2) is 24.5 Å². The highest BCUT2D eigenvalue weighted by Gasteiger charge is 2.13. The van der Waals surface area contributed by atoms with Crippen molar-refractivity contribution in [2.45, 2.75) is 11.8 Å². The molecule has 0 unspecified atom stereocenters. The Morgan fingerprint density at radius 3 is 2.20 bits per heavy atom. The lowest BCUT2D eigenvalue weighted by Gasteiger charge is -2.06. The number of nitrogens with zero attached hydrogens (tertiary/aromatic N) is 1. The molecule has 0 saturated carbocycles. The Kier molecular flexibility index (Phi) is 4.39. The van der Waals surface area contributed by atoms with Crippen LogP contribution in [0.1, 0.15) is 6.92 Å². The van der Waals surface area contributed by atoms with Crippen LogP contribution in [0, 0.1) is 0 Å². The molecular formula is C17H16N4O3S. The normalized spacial score (nSPS) is 11.3. The van der Waals surface area contributed by atoms with Crippen molar-refractivity contribution in [1.82, 2.24) is 10.2 Å². The summed E-state index contributed by atoms with van der Waals surface area (Å²) in [7, 11) is -3.73. The number of carbonyl (C=O) groups is 1. The predicted molar refractivity (Wildman–Crippen MR) is 95.1 cm³/mol. The van der Waals surface area contributed by atoms with Gasteiger partial charge in [0.2, 0.25) is 15.9 Å². The van der Waals surface area contributed by atoms with Gasteiger partial charge in [0.25, 0.3) is 0 Å². The van der Waals surface area contributed by atoms with Gasteiger partial charge in [-0.2, -0.15) is 5.10 Å². The fourth-order valence-corrected chi connectivity index (χ4v) is 2.98. The van der Waals surface area contributed by atoms with Crippen molar-refractivity contribution in [2.24, 2.45) is 5.14 Å². The van der Waals surface area contributed by atoms with E-state index in [1.165, 1.54) is 19.1 Å². The maximum atomic E-state index is 11.4. The maximum Gasteiger partial charge on any atom is 0.238 e. The Morgan fingerprint density at radius 2 is 1.64 bits per heavy atom. The number of sulfonamides is 1. The monoisotopic (exact) mass is 356 g/mol. The molecule has 7 nitrogen and oxygen atoms in total. The first-order valence-corrected chi connectivity index (χ1v) is 8.94. The second-order valence-corrected chi connectivity index (χ2v) is 7.04. The Bertz CT molecular complexity index is 1010. The largest absolute Gasteiger partial charge is 0.326 e. The smallest absolute Gasteiger partial charge is 0.238 e. The van der Waals surface area contributed by atoms with E-state index in [4.69, 9.17) is 5.14 Å². The quantitative estimate of drug-likeness (QED) is 0.665. The van der Waals surface area contributed by atoms with E-state index in [1.807, 2.05) is 12.1 Å². The molecule has 8 heteroatoms. The average Bonchev–Trinajstić information content (AvgIpc) is 3.04. The maximum absolute atomic E-state index is 11.4. The molecule has 0 fully saturated rings. The first-order chi connectivity index (χ1) is 11.8. The van der Waals surface area contributed by atoms with Gasteiger partial charge in [0, 0.05) is 29.9 Å². The molecule has 4 N–H and O–H groups in total. The number of H-pyrrole nitrogens is 1. The minimum atomic E-state index is -3.73. The molecule has 25 heavy (non-hydrogen) atoms. The summed E-state index contributed by atoms with van der Waals surface area (Å²) in [6.45, 7) is 1.45. The zero-order chi connectivity index (χ0) is 18.0. The van der Waals surface area contributed by atoms with Crippen LogP contribution in [0.25, 0.3) is 22.4 Å². The average molecular weight is 356 g/mol. The number of aromatic nitrogens is 2. The summed E-state index contributed by atoms with van der Waals surface area (Å²) in [6, 6.07) is 13.6. The molecule has 0 bridgehead atoms. The topological polar surface area (TPSA) is 118 Å². The molecule has 0 spiro atoms. The molecule has 1 amide bonds. The van der Waals surface area contributed by atoms with Gasteiger partial charge in [-0.1, -0.05) is 24.3 Å². The number of nitrogens with one attached hydrogen (secondary N) is 2. The standard InChI is InChI=1S/C17H16N4O3S/c1-11(22)20-14-6-2-12(3-7-14)16-10-19-21-17(16)13-4-8-15(9-5-13)25(18,23)24/h2-10H,1H3,(H,19,21)(H,20,22)(H2,18,23,24). The fraction of sp³-hybridized carbons (Fsp3) is 0.0588. The van der Waals surface area contributed by atoms with E-state index < -0.39 is 10.0 Å². The van der Waals surface area contributed by atoms with Crippen molar-refractivity contribution in [3.05, 3.63) is 54.7 Å². The van der Waals surface area contributed by atoms with Crippen molar-refractivity contribution in [1.29, 1.82) is 0 Å². The summed E-state index contributed by atoms with van der Waals surface area (Å²) in [4.78, 5) is 11.1. The number of nitrogens with two attached hydrogens (primary N) is 1. The molecule has 0 aliphatic carbocycles. The van der Waals surface area contributed by atoms with Crippen molar-refractivity contribution < 1.29 is 13.2 Å². The van der Waals surface area contributed by atoms with E-state index in [0.29, 0.717) is 11.4 Å². The number of benzene rings is 2. The minimum absolute atomic E-state index is 0.0491. The van der Waals surface area contributed by atoms with Gasteiger partial charge < -0.3 is 5.32 Å². The van der Waals surface area contributed by atoms with Crippen LogP contribution in [0.15, 0.2) is 59.6 Å². The molecule has 1 heterocycles. The first-order valence-electron chi connectivity index (χ1n) is 7.39. The third-order valence-electron chi connectivity index (χ3n) is 3.61. The van der Waals surface area contributed by atoms with Gasteiger partial charge in [0.15, 0.2) is 0 Å². The zero-order valence-corrected chi connectivity index (χ0v) is 14.2. The minimum Gasteiger partial charge on any atom is -0.326 e. The highest BCUT2D eigenvalue weighted by atomic mass is 32.2. The molecular weight excluding hydrogens is 340 g/mol. The van der Waals surface area contributed by atoms with E-state index in [0.717, 1.165) is 16.7 Å². The molecule has 0 saturated heterocycles. The SMILES string of the molecule is CC(=O)Nc1ccc(-c2c[nH]nc2-c2ccc(S(N)(=O)=O)cc2)cc1. The highest BCUT2D eigenvalue weighted by Crippen LogP contribution is 2.31. The number of carbonyl (C=O) groups excluding carboxylic acids is 1. The summed E-state index contributed by atoms with van der Waals surface area (Å²) >= 11 is 0. The lowest BCUT2D eigenvalue weighted by atomic mass is 10.0.